The SMILES string of the molecule is CCN(C)CCNC(=O)c1cscn1. The lowest BCUT2D eigenvalue weighted by atomic mass is 10.4. The predicted octanol–water partition coefficient (Wildman–Crippen LogP) is 0.825. The largest absolute Gasteiger partial charge is 0.349 e. The second kappa shape index (κ2) is 5.72. The molecule has 0 aliphatic heterocycles. The van der Waals surface area contributed by atoms with E-state index in [9.17, 15) is 4.79 Å². The molecular formula is C9H15N3OS. The van der Waals surface area contributed by atoms with Crippen molar-refractivity contribution in [3.05, 3.63) is 16.6 Å². The van der Waals surface area contributed by atoms with Crippen molar-refractivity contribution in [1.29, 1.82) is 0 Å². The van der Waals surface area contributed by atoms with Crippen LogP contribution < -0.4 is 5.32 Å². The number of carbonyl (C=O) groups is 1. The molecular weight excluding hydrogens is 198 g/mol. The number of carbonyl (C=O) groups excluding carboxylic acids is 1. The second-order valence-corrected chi connectivity index (χ2v) is 3.74. The highest BCUT2D eigenvalue weighted by molar-refractivity contribution is 7.07. The maximum atomic E-state index is 11.4. The summed E-state index contributed by atoms with van der Waals surface area (Å²) in [6.07, 6.45) is 0. The van der Waals surface area contributed by atoms with E-state index in [0.717, 1.165) is 13.1 Å². The number of aromatic nitrogens is 1. The van der Waals surface area contributed by atoms with Crippen molar-refractivity contribution in [3.63, 3.8) is 0 Å². The Morgan fingerprint density at radius 3 is 3.07 bits per heavy atom. The molecule has 78 valence electrons. The van der Waals surface area contributed by atoms with Gasteiger partial charge in [0.15, 0.2) is 0 Å². The molecule has 0 aromatic carbocycles. The molecule has 0 radical (unpaired) electrons. The van der Waals surface area contributed by atoms with E-state index < -0.39 is 0 Å². The van der Waals surface area contributed by atoms with Crippen LogP contribution in [0.2, 0.25) is 0 Å². The Balaban J connectivity index is 2.23. The number of hydrogen-bond donors (Lipinski definition) is 1. The van der Waals surface area contributed by atoms with E-state index in [2.05, 4.69) is 22.1 Å². The summed E-state index contributed by atoms with van der Waals surface area (Å²) in [5, 5.41) is 4.56. The topological polar surface area (TPSA) is 45.2 Å². The zero-order valence-electron chi connectivity index (χ0n) is 8.49. The molecule has 4 nitrogen and oxygen atoms in total. The summed E-state index contributed by atoms with van der Waals surface area (Å²) in [4.78, 5) is 17.5. The fraction of sp³-hybridized carbons (Fsp3) is 0.556. The first-order valence-corrected chi connectivity index (χ1v) is 5.53. The third kappa shape index (κ3) is 3.43. The number of nitrogens with one attached hydrogen (secondary N) is 1. The van der Waals surface area contributed by atoms with Crippen molar-refractivity contribution in [2.45, 2.75) is 6.92 Å². The van der Waals surface area contributed by atoms with Crippen LogP contribution in [-0.4, -0.2) is 42.5 Å². The first kappa shape index (κ1) is 11.1. The van der Waals surface area contributed by atoms with Crippen LogP contribution in [0.3, 0.4) is 0 Å². The molecule has 0 saturated heterocycles. The summed E-state index contributed by atoms with van der Waals surface area (Å²) in [6, 6.07) is 0. The first-order chi connectivity index (χ1) is 6.74. The van der Waals surface area contributed by atoms with Gasteiger partial charge in [-0.25, -0.2) is 4.98 Å². The van der Waals surface area contributed by atoms with E-state index in [4.69, 9.17) is 0 Å². The minimum absolute atomic E-state index is 0.0873. The van der Waals surface area contributed by atoms with Crippen molar-refractivity contribution in [3.8, 4) is 0 Å². The Morgan fingerprint density at radius 2 is 2.50 bits per heavy atom. The average molecular weight is 213 g/mol. The number of amides is 1. The molecule has 0 spiro atoms. The summed E-state index contributed by atoms with van der Waals surface area (Å²) in [7, 11) is 2.02. The van der Waals surface area contributed by atoms with E-state index in [1.54, 1.807) is 10.9 Å². The standard InChI is InChI=1S/C9H15N3OS/c1-3-12(2)5-4-10-9(13)8-6-14-7-11-8/h6-7H,3-5H2,1-2H3,(H,10,13). The van der Waals surface area contributed by atoms with Crippen LogP contribution >= 0.6 is 11.3 Å². The highest BCUT2D eigenvalue weighted by Gasteiger charge is 2.06. The third-order valence-corrected chi connectivity index (χ3v) is 2.57. The molecule has 1 heterocycles. The summed E-state index contributed by atoms with van der Waals surface area (Å²) >= 11 is 1.43. The molecule has 0 aliphatic carbocycles. The number of likely N-dealkylation sites (N-methyl/N-ethyl adjacent to an activating group) is 1. The number of hydrogen-bond acceptors (Lipinski definition) is 4. The van der Waals surface area contributed by atoms with E-state index in [1.165, 1.54) is 11.3 Å². The molecule has 0 aliphatic rings. The summed E-state index contributed by atoms with van der Waals surface area (Å²) in [6.45, 7) is 4.61. The normalized spacial score (nSPS) is 10.5. The van der Waals surface area contributed by atoms with Gasteiger partial charge in [-0.05, 0) is 13.6 Å². The maximum Gasteiger partial charge on any atom is 0.270 e. The lowest BCUT2D eigenvalue weighted by molar-refractivity contribution is 0.0946. The van der Waals surface area contributed by atoms with Gasteiger partial charge in [0.2, 0.25) is 0 Å². The van der Waals surface area contributed by atoms with Crippen LogP contribution in [0.1, 0.15) is 17.4 Å². The molecule has 1 N–H and O–H groups in total. The smallest absolute Gasteiger partial charge is 0.270 e. The van der Waals surface area contributed by atoms with Gasteiger partial charge in [-0.3, -0.25) is 4.79 Å². The lowest BCUT2D eigenvalue weighted by Crippen LogP contribution is -2.32. The highest BCUT2D eigenvalue weighted by atomic mass is 32.1. The highest BCUT2D eigenvalue weighted by Crippen LogP contribution is 1.99. The minimum atomic E-state index is -0.0873. The zero-order chi connectivity index (χ0) is 10.4. The van der Waals surface area contributed by atoms with Gasteiger partial charge >= 0.3 is 0 Å². The molecule has 0 unspecified atom stereocenters. The molecule has 0 saturated carbocycles. The Hall–Kier alpha value is -0.940. The van der Waals surface area contributed by atoms with Crippen molar-refractivity contribution in [2.75, 3.05) is 26.7 Å². The van der Waals surface area contributed by atoms with Crippen molar-refractivity contribution >= 4 is 17.2 Å². The first-order valence-electron chi connectivity index (χ1n) is 4.59. The monoisotopic (exact) mass is 213 g/mol. The maximum absolute atomic E-state index is 11.4. The van der Waals surface area contributed by atoms with Gasteiger partial charge in [0.1, 0.15) is 5.69 Å². The lowest BCUT2D eigenvalue weighted by Gasteiger charge is -2.13. The summed E-state index contributed by atoms with van der Waals surface area (Å²) < 4.78 is 0. The molecule has 1 amide bonds. The molecule has 5 heteroatoms. The summed E-state index contributed by atoms with van der Waals surface area (Å²) in [5.41, 5.74) is 2.17. The Labute approximate surface area is 88.0 Å². The summed E-state index contributed by atoms with van der Waals surface area (Å²) in [5.74, 6) is -0.0873. The van der Waals surface area contributed by atoms with Crippen molar-refractivity contribution in [2.24, 2.45) is 0 Å². The zero-order valence-corrected chi connectivity index (χ0v) is 9.30. The van der Waals surface area contributed by atoms with Crippen LogP contribution in [0.5, 0.6) is 0 Å². The van der Waals surface area contributed by atoms with E-state index in [-0.39, 0.29) is 5.91 Å². The van der Waals surface area contributed by atoms with E-state index >= 15 is 0 Å². The molecule has 0 bridgehead atoms. The van der Waals surface area contributed by atoms with Crippen LogP contribution in [-0.2, 0) is 0 Å². The number of thiazole rings is 1. The number of nitrogens with zero attached hydrogens (tertiary/aromatic N) is 2. The molecule has 0 atom stereocenters. The van der Waals surface area contributed by atoms with Gasteiger partial charge in [-0.2, -0.15) is 0 Å². The number of rotatable bonds is 5. The van der Waals surface area contributed by atoms with Gasteiger partial charge in [0.25, 0.3) is 5.91 Å². The second-order valence-electron chi connectivity index (χ2n) is 3.03. The molecule has 1 aromatic heterocycles. The molecule has 14 heavy (non-hydrogen) atoms. The van der Waals surface area contributed by atoms with Gasteiger partial charge in [-0.15, -0.1) is 11.3 Å². The molecule has 0 fully saturated rings. The molecule has 1 rings (SSSR count). The predicted molar refractivity (Wildman–Crippen MR) is 57.6 cm³/mol. The molecule has 1 aromatic rings. The Morgan fingerprint density at radius 1 is 1.71 bits per heavy atom. The third-order valence-electron chi connectivity index (χ3n) is 1.98. The van der Waals surface area contributed by atoms with E-state index in [1.807, 2.05) is 7.05 Å². The fourth-order valence-electron chi connectivity index (χ4n) is 0.934. The Kier molecular flexibility index (Phi) is 4.55. The van der Waals surface area contributed by atoms with Crippen LogP contribution in [0.25, 0.3) is 0 Å². The van der Waals surface area contributed by atoms with Crippen LogP contribution in [0.4, 0.5) is 0 Å². The van der Waals surface area contributed by atoms with Crippen molar-refractivity contribution < 1.29 is 4.79 Å². The quantitative estimate of drug-likeness (QED) is 0.788. The van der Waals surface area contributed by atoms with E-state index in [0.29, 0.717) is 12.2 Å². The van der Waals surface area contributed by atoms with Gasteiger partial charge in [-0.1, -0.05) is 6.92 Å². The van der Waals surface area contributed by atoms with Crippen molar-refractivity contribution in [1.82, 2.24) is 15.2 Å². The van der Waals surface area contributed by atoms with Gasteiger partial charge in [0.05, 0.1) is 5.51 Å². The van der Waals surface area contributed by atoms with Gasteiger partial charge < -0.3 is 10.2 Å². The fourth-order valence-corrected chi connectivity index (χ4v) is 1.47. The van der Waals surface area contributed by atoms with Gasteiger partial charge in [0, 0.05) is 18.5 Å². The Bertz CT molecular complexity index is 274. The average Bonchev–Trinajstić information content (AvgIpc) is 2.70. The van der Waals surface area contributed by atoms with Crippen LogP contribution in [0, 0.1) is 0 Å². The van der Waals surface area contributed by atoms with Crippen LogP contribution in [0.15, 0.2) is 10.9 Å². The minimum Gasteiger partial charge on any atom is -0.349 e.